The Kier molecular flexibility index (Phi) is 6.12. The van der Waals surface area contributed by atoms with E-state index < -0.39 is 5.60 Å². The number of aliphatic hydroxyl groups is 1. The molecule has 1 atom stereocenters. The molecule has 0 amide bonds. The number of aromatic nitrogens is 1. The molecule has 0 spiro atoms. The molecule has 1 aliphatic heterocycles. The average molecular weight is 480 g/mol. The summed E-state index contributed by atoms with van der Waals surface area (Å²) >= 11 is 3.62. The van der Waals surface area contributed by atoms with E-state index >= 15 is 0 Å². The summed E-state index contributed by atoms with van der Waals surface area (Å²) in [7, 11) is 1.63. The minimum absolute atomic E-state index is 0.0487. The van der Waals surface area contributed by atoms with Crippen molar-refractivity contribution < 1.29 is 9.84 Å². The Labute approximate surface area is 191 Å². The van der Waals surface area contributed by atoms with Gasteiger partial charge in [-0.25, -0.2) is 9.98 Å². The lowest BCUT2D eigenvalue weighted by molar-refractivity contribution is 0.0624. The average Bonchev–Trinajstić information content (AvgIpc) is 2.77. The topological polar surface area (TPSA) is 58.0 Å². The summed E-state index contributed by atoms with van der Waals surface area (Å²) in [5, 5.41) is 10.5. The molecule has 2 heterocycles. The van der Waals surface area contributed by atoms with Gasteiger partial charge in [-0.3, -0.25) is 0 Å². The number of aliphatic imine (C=N–C) groups is 1. The van der Waals surface area contributed by atoms with Crippen molar-refractivity contribution in [3.63, 3.8) is 0 Å². The van der Waals surface area contributed by atoms with Gasteiger partial charge in [0.15, 0.2) is 5.84 Å². The molecule has 160 valence electrons. The Balaban J connectivity index is 1.88. The van der Waals surface area contributed by atoms with Gasteiger partial charge in [-0.15, -0.1) is 0 Å². The lowest BCUT2D eigenvalue weighted by Crippen LogP contribution is -2.41. The molecule has 0 saturated heterocycles. The highest BCUT2D eigenvalue weighted by atomic mass is 79.9. The van der Waals surface area contributed by atoms with Crippen molar-refractivity contribution in [2.75, 3.05) is 13.7 Å². The maximum absolute atomic E-state index is 10.5. The molecule has 1 aromatic heterocycles. The normalized spacial score (nSPS) is 16.0. The van der Waals surface area contributed by atoms with Crippen LogP contribution in [0.15, 0.2) is 76.3 Å². The number of amidine groups is 1. The van der Waals surface area contributed by atoms with E-state index in [2.05, 4.69) is 56.1 Å². The zero-order chi connectivity index (χ0) is 22.0. The fourth-order valence-electron chi connectivity index (χ4n) is 3.78. The van der Waals surface area contributed by atoms with E-state index in [1.54, 1.807) is 13.3 Å². The van der Waals surface area contributed by atoms with Gasteiger partial charge in [0.1, 0.15) is 11.4 Å². The summed E-state index contributed by atoms with van der Waals surface area (Å²) < 4.78 is 6.29. The molecule has 3 aromatic rings. The Morgan fingerprint density at radius 2 is 1.87 bits per heavy atom. The number of nitrogens with zero attached hydrogens (tertiary/aromatic N) is 3. The number of hydrogen-bond acceptors (Lipinski definition) is 5. The van der Waals surface area contributed by atoms with Crippen LogP contribution in [0.1, 0.15) is 43.1 Å². The van der Waals surface area contributed by atoms with Gasteiger partial charge in [0.2, 0.25) is 0 Å². The van der Waals surface area contributed by atoms with Crippen LogP contribution in [0, 0.1) is 0 Å². The standard InChI is InChI=1S/C25H26BrN3O2/c1-25(2,30)13-14-29-23(17-7-5-4-6-8-17)20-15-18(26)9-11-21(20)28-24(29)22-12-10-19(31-3)16-27-22/h4-12,15-16,23,30H,13-14H2,1-3H3. The zero-order valence-electron chi connectivity index (χ0n) is 17.9. The third kappa shape index (κ3) is 4.81. The summed E-state index contributed by atoms with van der Waals surface area (Å²) in [6.07, 6.45) is 2.30. The first-order valence-corrected chi connectivity index (χ1v) is 11.1. The molecule has 1 unspecified atom stereocenters. The number of fused-ring (bicyclic) bond motifs is 1. The Hall–Kier alpha value is -2.70. The number of halogens is 1. The number of pyridine rings is 1. The zero-order valence-corrected chi connectivity index (χ0v) is 19.5. The van der Waals surface area contributed by atoms with Crippen LogP contribution in [0.5, 0.6) is 5.75 Å². The molecule has 1 aliphatic rings. The van der Waals surface area contributed by atoms with Crippen molar-refractivity contribution in [1.29, 1.82) is 0 Å². The highest BCUT2D eigenvalue weighted by Crippen LogP contribution is 2.41. The van der Waals surface area contributed by atoms with Crippen LogP contribution in [-0.4, -0.2) is 40.1 Å². The minimum Gasteiger partial charge on any atom is -0.495 e. The van der Waals surface area contributed by atoms with E-state index in [4.69, 9.17) is 9.73 Å². The van der Waals surface area contributed by atoms with Crippen LogP contribution in [0.2, 0.25) is 0 Å². The van der Waals surface area contributed by atoms with Gasteiger partial charge in [0.25, 0.3) is 0 Å². The van der Waals surface area contributed by atoms with Crippen molar-refractivity contribution in [3.8, 4) is 5.75 Å². The Bertz CT molecular complexity index is 1080. The van der Waals surface area contributed by atoms with Gasteiger partial charge in [-0.05, 0) is 56.2 Å². The molecule has 4 rings (SSSR count). The molecule has 2 aromatic carbocycles. The number of ether oxygens (including phenoxy) is 1. The van der Waals surface area contributed by atoms with Crippen LogP contribution in [0.4, 0.5) is 5.69 Å². The van der Waals surface area contributed by atoms with E-state index in [-0.39, 0.29) is 6.04 Å². The van der Waals surface area contributed by atoms with E-state index in [1.807, 2.05) is 44.2 Å². The lowest BCUT2D eigenvalue weighted by atomic mass is 9.92. The van der Waals surface area contributed by atoms with Gasteiger partial charge >= 0.3 is 0 Å². The summed E-state index contributed by atoms with van der Waals surface area (Å²) in [6.45, 7) is 4.30. The SMILES string of the molecule is COc1ccc(C2=Nc3ccc(Br)cc3C(c3ccccc3)N2CCC(C)(C)O)nc1. The second kappa shape index (κ2) is 8.81. The van der Waals surface area contributed by atoms with Crippen molar-refractivity contribution in [3.05, 3.63) is 88.2 Å². The predicted molar refractivity (Wildman–Crippen MR) is 127 cm³/mol. The second-order valence-electron chi connectivity index (χ2n) is 8.29. The fraction of sp³-hybridized carbons (Fsp3) is 0.280. The molecule has 0 fully saturated rings. The van der Waals surface area contributed by atoms with Gasteiger partial charge in [0.05, 0.1) is 30.6 Å². The van der Waals surface area contributed by atoms with Crippen LogP contribution in [0.3, 0.4) is 0 Å². The first-order valence-electron chi connectivity index (χ1n) is 10.3. The Morgan fingerprint density at radius 1 is 1.10 bits per heavy atom. The summed E-state index contributed by atoms with van der Waals surface area (Å²) in [5.74, 6) is 1.49. The van der Waals surface area contributed by atoms with Gasteiger partial charge in [-0.2, -0.15) is 0 Å². The molecule has 0 aliphatic carbocycles. The molecule has 5 nitrogen and oxygen atoms in total. The predicted octanol–water partition coefficient (Wildman–Crippen LogP) is 5.50. The molecule has 0 bridgehead atoms. The molecular weight excluding hydrogens is 454 g/mol. The third-order valence-corrected chi connectivity index (χ3v) is 5.87. The lowest BCUT2D eigenvalue weighted by Gasteiger charge is -2.39. The van der Waals surface area contributed by atoms with E-state index in [0.717, 1.165) is 27.3 Å². The Morgan fingerprint density at radius 3 is 2.52 bits per heavy atom. The fourth-order valence-corrected chi connectivity index (χ4v) is 4.16. The van der Waals surface area contributed by atoms with E-state index in [0.29, 0.717) is 18.7 Å². The molecule has 0 saturated carbocycles. The summed E-state index contributed by atoms with van der Waals surface area (Å²) in [6, 6.07) is 20.4. The highest BCUT2D eigenvalue weighted by molar-refractivity contribution is 9.10. The smallest absolute Gasteiger partial charge is 0.156 e. The second-order valence-corrected chi connectivity index (χ2v) is 9.21. The monoisotopic (exact) mass is 479 g/mol. The molecule has 0 radical (unpaired) electrons. The maximum Gasteiger partial charge on any atom is 0.156 e. The number of methoxy groups -OCH3 is 1. The summed E-state index contributed by atoms with van der Waals surface area (Å²) in [5.41, 5.74) is 3.18. The quantitative estimate of drug-likeness (QED) is 0.507. The number of rotatable bonds is 6. The van der Waals surface area contributed by atoms with E-state index in [1.165, 1.54) is 5.56 Å². The van der Waals surface area contributed by atoms with Crippen LogP contribution < -0.4 is 4.74 Å². The molecule has 31 heavy (non-hydrogen) atoms. The maximum atomic E-state index is 10.5. The first-order chi connectivity index (χ1) is 14.9. The van der Waals surface area contributed by atoms with Crippen LogP contribution in [-0.2, 0) is 0 Å². The summed E-state index contributed by atoms with van der Waals surface area (Å²) in [4.78, 5) is 11.9. The highest BCUT2D eigenvalue weighted by Gasteiger charge is 2.33. The van der Waals surface area contributed by atoms with Crippen molar-refractivity contribution >= 4 is 27.5 Å². The number of hydrogen-bond donors (Lipinski definition) is 1. The van der Waals surface area contributed by atoms with E-state index in [9.17, 15) is 5.11 Å². The van der Waals surface area contributed by atoms with Crippen molar-refractivity contribution in [1.82, 2.24) is 9.88 Å². The van der Waals surface area contributed by atoms with Gasteiger partial charge in [-0.1, -0.05) is 46.3 Å². The first kappa shape index (κ1) is 21.5. The van der Waals surface area contributed by atoms with Gasteiger partial charge in [0, 0.05) is 16.6 Å². The minimum atomic E-state index is -0.794. The number of benzene rings is 2. The molecule has 6 heteroatoms. The largest absolute Gasteiger partial charge is 0.495 e. The van der Waals surface area contributed by atoms with Crippen LogP contribution in [0.25, 0.3) is 0 Å². The van der Waals surface area contributed by atoms with Gasteiger partial charge < -0.3 is 14.7 Å². The van der Waals surface area contributed by atoms with Crippen molar-refractivity contribution in [2.45, 2.75) is 31.9 Å². The third-order valence-electron chi connectivity index (χ3n) is 5.38. The van der Waals surface area contributed by atoms with Crippen LogP contribution >= 0.6 is 15.9 Å². The molecular formula is C25H26BrN3O2. The molecule has 1 N–H and O–H groups in total. The van der Waals surface area contributed by atoms with Crippen molar-refractivity contribution in [2.24, 2.45) is 4.99 Å².